The van der Waals surface area contributed by atoms with Crippen LogP contribution in [0.5, 0.6) is 5.75 Å². The van der Waals surface area contributed by atoms with Gasteiger partial charge in [-0.2, -0.15) is 0 Å². The van der Waals surface area contributed by atoms with Gasteiger partial charge in [-0.15, -0.1) is 0 Å². The van der Waals surface area contributed by atoms with Crippen LogP contribution in [0.1, 0.15) is 44.2 Å². The van der Waals surface area contributed by atoms with E-state index in [9.17, 15) is 0 Å². The summed E-state index contributed by atoms with van der Waals surface area (Å²) in [7, 11) is 0. The van der Waals surface area contributed by atoms with Crippen molar-refractivity contribution in [3.63, 3.8) is 0 Å². The number of nitrogens with zero attached hydrogens (tertiary/aromatic N) is 1. The molecule has 0 fully saturated rings. The predicted molar refractivity (Wildman–Crippen MR) is 153 cm³/mol. The van der Waals surface area contributed by atoms with Gasteiger partial charge in [0, 0.05) is 17.5 Å². The van der Waals surface area contributed by atoms with E-state index in [-0.39, 0.29) is 5.82 Å². The van der Waals surface area contributed by atoms with Crippen LogP contribution in [-0.2, 0) is 13.0 Å². The Hall–Kier alpha value is -3.85. The number of fused-ring (bicyclic) bond motifs is 1. The molecule has 5 rings (SSSR count). The lowest BCUT2D eigenvalue weighted by Crippen LogP contribution is -2.03. The average Bonchev–Trinajstić information content (AvgIpc) is 3.21. The summed E-state index contributed by atoms with van der Waals surface area (Å²) >= 11 is 0. The first kappa shape index (κ1) is 24.8. The Bertz CT molecular complexity index is 1470. The smallest absolute Gasteiger partial charge is 0.156 e. The van der Waals surface area contributed by atoms with Gasteiger partial charge in [0.05, 0.1) is 17.8 Å². The largest absolute Gasteiger partial charge is 0.494 e. The van der Waals surface area contributed by atoms with E-state index >= 15 is 4.39 Å². The number of rotatable bonds is 10. The Balaban J connectivity index is 1.66. The SMILES string of the molecule is CCCCOc1ccc2c(c1)c(F)c(-c1ccccc1-c1ccccc1)n2Cc1ccc(CCC)cc1. The normalized spacial score (nSPS) is 11.2. The fourth-order valence-electron chi connectivity index (χ4n) is 4.99. The van der Waals surface area contributed by atoms with Crippen LogP contribution in [0.25, 0.3) is 33.3 Å². The van der Waals surface area contributed by atoms with Crippen LogP contribution >= 0.6 is 0 Å². The van der Waals surface area contributed by atoms with Crippen LogP contribution < -0.4 is 4.74 Å². The van der Waals surface area contributed by atoms with Gasteiger partial charge in [-0.3, -0.25) is 0 Å². The molecule has 37 heavy (non-hydrogen) atoms. The summed E-state index contributed by atoms with van der Waals surface area (Å²) in [5, 5.41) is 0.592. The van der Waals surface area contributed by atoms with E-state index in [0.717, 1.165) is 53.5 Å². The Labute approximate surface area is 219 Å². The summed E-state index contributed by atoms with van der Waals surface area (Å²) in [6.07, 6.45) is 4.23. The van der Waals surface area contributed by atoms with Crippen molar-refractivity contribution >= 4 is 10.9 Å². The Morgan fingerprint density at radius 3 is 2.16 bits per heavy atom. The molecule has 2 nitrogen and oxygen atoms in total. The van der Waals surface area contributed by atoms with E-state index in [1.807, 2.05) is 54.6 Å². The minimum atomic E-state index is -0.207. The molecule has 0 aliphatic heterocycles. The quantitative estimate of drug-likeness (QED) is 0.178. The highest BCUT2D eigenvalue weighted by Gasteiger charge is 2.22. The van der Waals surface area contributed by atoms with Gasteiger partial charge in [0.15, 0.2) is 5.82 Å². The second-order valence-corrected chi connectivity index (χ2v) is 9.61. The van der Waals surface area contributed by atoms with Crippen LogP contribution in [0, 0.1) is 5.82 Å². The molecule has 3 heteroatoms. The first-order chi connectivity index (χ1) is 18.2. The van der Waals surface area contributed by atoms with Crippen molar-refractivity contribution in [3.8, 4) is 28.1 Å². The number of aromatic nitrogens is 1. The number of aryl methyl sites for hydroxylation is 1. The molecule has 0 aliphatic rings. The third-order valence-corrected chi connectivity index (χ3v) is 6.91. The molecule has 0 radical (unpaired) electrons. The first-order valence-corrected chi connectivity index (χ1v) is 13.4. The van der Waals surface area contributed by atoms with Gasteiger partial charge >= 0.3 is 0 Å². The zero-order valence-electron chi connectivity index (χ0n) is 21.7. The Morgan fingerprint density at radius 2 is 1.43 bits per heavy atom. The summed E-state index contributed by atoms with van der Waals surface area (Å²) in [6, 6.07) is 32.9. The van der Waals surface area contributed by atoms with Crippen LogP contribution in [-0.4, -0.2) is 11.2 Å². The van der Waals surface area contributed by atoms with Gasteiger partial charge in [-0.25, -0.2) is 4.39 Å². The highest BCUT2D eigenvalue weighted by Crippen LogP contribution is 2.39. The van der Waals surface area contributed by atoms with E-state index in [0.29, 0.717) is 30.0 Å². The monoisotopic (exact) mass is 491 g/mol. The molecule has 5 aromatic rings. The minimum Gasteiger partial charge on any atom is -0.494 e. The Kier molecular flexibility index (Phi) is 7.70. The first-order valence-electron chi connectivity index (χ1n) is 13.4. The van der Waals surface area contributed by atoms with E-state index < -0.39 is 0 Å². The van der Waals surface area contributed by atoms with Crippen LogP contribution in [0.4, 0.5) is 4.39 Å². The molecule has 4 aromatic carbocycles. The van der Waals surface area contributed by atoms with Gasteiger partial charge in [0.2, 0.25) is 0 Å². The van der Waals surface area contributed by atoms with Crippen LogP contribution in [0.15, 0.2) is 97.1 Å². The molecule has 1 heterocycles. The highest BCUT2D eigenvalue weighted by molar-refractivity contribution is 5.93. The molecular weight excluding hydrogens is 457 g/mol. The predicted octanol–water partition coefficient (Wildman–Crippen LogP) is 9.29. The summed E-state index contributed by atoms with van der Waals surface area (Å²) in [4.78, 5) is 0. The summed E-state index contributed by atoms with van der Waals surface area (Å²) < 4.78 is 24.5. The molecule has 0 aliphatic carbocycles. The molecule has 0 saturated carbocycles. The van der Waals surface area contributed by atoms with Crippen molar-refractivity contribution in [1.82, 2.24) is 4.57 Å². The number of ether oxygens (including phenoxy) is 1. The van der Waals surface area contributed by atoms with Crippen LogP contribution in [0.3, 0.4) is 0 Å². The third kappa shape index (κ3) is 5.32. The summed E-state index contributed by atoms with van der Waals surface area (Å²) in [6.45, 7) is 5.55. The fraction of sp³-hybridized carbons (Fsp3) is 0.235. The molecular formula is C34H34FNO. The van der Waals surface area contributed by atoms with Gasteiger partial charge in [-0.05, 0) is 53.3 Å². The van der Waals surface area contributed by atoms with Gasteiger partial charge in [0.25, 0.3) is 0 Å². The van der Waals surface area contributed by atoms with Gasteiger partial charge in [-0.1, -0.05) is 106 Å². The van der Waals surface area contributed by atoms with E-state index in [4.69, 9.17) is 4.74 Å². The number of halogens is 1. The molecule has 0 spiro atoms. The summed E-state index contributed by atoms with van der Waals surface area (Å²) in [5.74, 6) is 0.505. The number of hydrogen-bond donors (Lipinski definition) is 0. The van der Waals surface area contributed by atoms with Crippen molar-refractivity contribution in [1.29, 1.82) is 0 Å². The maximum absolute atomic E-state index is 16.4. The molecule has 0 atom stereocenters. The summed E-state index contributed by atoms with van der Waals surface area (Å²) in [5.41, 5.74) is 6.94. The second-order valence-electron chi connectivity index (χ2n) is 9.61. The van der Waals surface area contributed by atoms with Crippen molar-refractivity contribution in [2.45, 2.75) is 46.1 Å². The molecule has 188 valence electrons. The minimum absolute atomic E-state index is 0.207. The molecule has 0 unspecified atom stereocenters. The van der Waals surface area contributed by atoms with Crippen LogP contribution in [0.2, 0.25) is 0 Å². The maximum atomic E-state index is 16.4. The highest BCUT2D eigenvalue weighted by atomic mass is 19.1. The average molecular weight is 492 g/mol. The molecule has 0 bridgehead atoms. The zero-order valence-corrected chi connectivity index (χ0v) is 21.7. The number of unbranched alkanes of at least 4 members (excludes halogenated alkanes) is 1. The molecule has 1 aromatic heterocycles. The lowest BCUT2D eigenvalue weighted by Gasteiger charge is -2.15. The van der Waals surface area contributed by atoms with Crippen molar-refractivity contribution in [3.05, 3.63) is 114 Å². The van der Waals surface area contributed by atoms with E-state index in [2.05, 4.69) is 60.9 Å². The Morgan fingerprint density at radius 1 is 0.730 bits per heavy atom. The van der Waals surface area contributed by atoms with Crippen molar-refractivity contribution in [2.75, 3.05) is 6.61 Å². The molecule has 0 N–H and O–H groups in total. The van der Waals surface area contributed by atoms with Gasteiger partial charge in [0.1, 0.15) is 5.75 Å². The second kappa shape index (κ2) is 11.5. The van der Waals surface area contributed by atoms with E-state index in [1.54, 1.807) is 0 Å². The zero-order chi connectivity index (χ0) is 25.6. The van der Waals surface area contributed by atoms with Crippen molar-refractivity contribution in [2.24, 2.45) is 0 Å². The topological polar surface area (TPSA) is 14.2 Å². The third-order valence-electron chi connectivity index (χ3n) is 6.91. The molecule has 0 saturated heterocycles. The lowest BCUT2D eigenvalue weighted by molar-refractivity contribution is 0.309. The maximum Gasteiger partial charge on any atom is 0.156 e. The lowest BCUT2D eigenvalue weighted by atomic mass is 9.97. The standard InChI is InChI=1S/C34H34FNO/c1-3-5-22-37-28-20-21-32-31(23-28)33(35)34(36(32)24-26-18-16-25(11-4-2)17-19-26)30-15-10-9-14-29(30)27-12-7-6-8-13-27/h6-10,12-21,23H,3-5,11,22,24H2,1-2H3. The van der Waals surface area contributed by atoms with Gasteiger partial charge < -0.3 is 9.30 Å². The van der Waals surface area contributed by atoms with E-state index in [1.165, 1.54) is 5.56 Å². The number of benzene rings is 4. The molecule has 0 amide bonds. The fourth-order valence-corrected chi connectivity index (χ4v) is 4.99. The van der Waals surface area contributed by atoms with Crippen molar-refractivity contribution < 1.29 is 9.13 Å². The number of hydrogen-bond acceptors (Lipinski definition) is 1.